The van der Waals surface area contributed by atoms with Gasteiger partial charge in [0.25, 0.3) is 0 Å². The van der Waals surface area contributed by atoms with Crippen molar-refractivity contribution in [3.8, 4) is 0 Å². The van der Waals surface area contributed by atoms with E-state index in [0.717, 1.165) is 41.7 Å². The van der Waals surface area contributed by atoms with Gasteiger partial charge in [0.05, 0.1) is 16.0 Å². The maximum atomic E-state index is 12.5. The van der Waals surface area contributed by atoms with Crippen molar-refractivity contribution in [3.05, 3.63) is 53.6 Å². The average molecular weight is 404 g/mol. The number of anilines is 1. The van der Waals surface area contributed by atoms with Gasteiger partial charge in [0.2, 0.25) is 5.91 Å². The van der Waals surface area contributed by atoms with Gasteiger partial charge in [-0.15, -0.1) is 11.8 Å². The predicted octanol–water partition coefficient (Wildman–Crippen LogP) is 4.39. The molecule has 4 rings (SSSR count). The van der Waals surface area contributed by atoms with Gasteiger partial charge in [0.15, 0.2) is 5.13 Å². The first kappa shape index (κ1) is 17.6. The largest absolute Gasteiger partial charge is 0.345 e. The number of amides is 1. The molecule has 2 aromatic carbocycles. The fourth-order valence-corrected chi connectivity index (χ4v) is 4.85. The number of aromatic nitrogens is 1. The van der Waals surface area contributed by atoms with Crippen LogP contribution in [0.2, 0.25) is 5.02 Å². The molecule has 1 aliphatic heterocycles. The van der Waals surface area contributed by atoms with E-state index in [-0.39, 0.29) is 5.91 Å². The van der Waals surface area contributed by atoms with E-state index in [2.05, 4.69) is 11.0 Å². The summed E-state index contributed by atoms with van der Waals surface area (Å²) in [5.41, 5.74) is 1.05. The van der Waals surface area contributed by atoms with Crippen molar-refractivity contribution in [2.24, 2.45) is 0 Å². The molecule has 0 bridgehead atoms. The first-order valence-corrected chi connectivity index (χ1v) is 10.6. The quantitative estimate of drug-likeness (QED) is 0.605. The summed E-state index contributed by atoms with van der Waals surface area (Å²) in [7, 11) is 0. The Morgan fingerprint density at radius 3 is 2.54 bits per heavy atom. The lowest BCUT2D eigenvalue weighted by Crippen LogP contribution is -2.49. The van der Waals surface area contributed by atoms with E-state index in [9.17, 15) is 4.79 Å². The molecule has 0 N–H and O–H groups in total. The number of carbonyl (C=O) groups is 1. The van der Waals surface area contributed by atoms with Crippen LogP contribution >= 0.6 is 34.7 Å². The molecule has 1 saturated heterocycles. The van der Waals surface area contributed by atoms with Gasteiger partial charge >= 0.3 is 0 Å². The van der Waals surface area contributed by atoms with Crippen LogP contribution in [0.3, 0.4) is 0 Å². The zero-order valence-electron chi connectivity index (χ0n) is 14.1. The highest BCUT2D eigenvalue weighted by Gasteiger charge is 2.23. The third kappa shape index (κ3) is 3.98. The van der Waals surface area contributed by atoms with Crippen molar-refractivity contribution < 1.29 is 4.79 Å². The molecule has 1 aliphatic rings. The van der Waals surface area contributed by atoms with E-state index in [0.29, 0.717) is 10.8 Å². The first-order chi connectivity index (χ1) is 12.7. The lowest BCUT2D eigenvalue weighted by Gasteiger charge is -2.34. The van der Waals surface area contributed by atoms with Crippen molar-refractivity contribution in [2.75, 3.05) is 36.8 Å². The van der Waals surface area contributed by atoms with Gasteiger partial charge in [-0.2, -0.15) is 0 Å². The fraction of sp³-hybridized carbons (Fsp3) is 0.263. The molecule has 1 amide bonds. The molecule has 134 valence electrons. The van der Waals surface area contributed by atoms with Crippen LogP contribution in [-0.2, 0) is 4.79 Å². The summed E-state index contributed by atoms with van der Waals surface area (Å²) in [6.45, 7) is 3.15. The van der Waals surface area contributed by atoms with E-state index >= 15 is 0 Å². The molecular formula is C19H18ClN3OS2. The van der Waals surface area contributed by atoms with Crippen molar-refractivity contribution in [2.45, 2.75) is 4.90 Å². The Balaban J connectivity index is 1.31. The molecule has 0 atom stereocenters. The molecule has 1 fully saturated rings. The van der Waals surface area contributed by atoms with Gasteiger partial charge in [-0.25, -0.2) is 4.98 Å². The zero-order chi connectivity index (χ0) is 17.9. The Kier molecular flexibility index (Phi) is 5.33. The Bertz CT molecular complexity index is 872. The second kappa shape index (κ2) is 7.86. The average Bonchev–Trinajstić information content (AvgIpc) is 3.12. The van der Waals surface area contributed by atoms with E-state index in [1.807, 2.05) is 47.4 Å². The topological polar surface area (TPSA) is 36.4 Å². The maximum absolute atomic E-state index is 12.5. The van der Waals surface area contributed by atoms with E-state index < -0.39 is 0 Å². The monoisotopic (exact) mass is 403 g/mol. The van der Waals surface area contributed by atoms with Crippen LogP contribution in [0.25, 0.3) is 10.2 Å². The molecule has 2 heterocycles. The Morgan fingerprint density at radius 1 is 1.08 bits per heavy atom. The number of thioether (sulfide) groups is 1. The second-order valence-corrected chi connectivity index (χ2v) is 8.57. The van der Waals surface area contributed by atoms with E-state index in [1.54, 1.807) is 23.1 Å². The Labute approximate surface area is 165 Å². The van der Waals surface area contributed by atoms with Gasteiger partial charge < -0.3 is 9.80 Å². The number of fused-ring (bicyclic) bond motifs is 1. The molecule has 3 aromatic rings. The van der Waals surface area contributed by atoms with Gasteiger partial charge in [-0.05, 0) is 36.4 Å². The molecule has 1 aromatic heterocycles. The number of carbonyl (C=O) groups excluding carboxylic acids is 1. The van der Waals surface area contributed by atoms with Gasteiger partial charge in [0.1, 0.15) is 0 Å². The number of hydrogen-bond acceptors (Lipinski definition) is 5. The van der Waals surface area contributed by atoms with Gasteiger partial charge in [-0.1, -0.05) is 35.1 Å². The van der Waals surface area contributed by atoms with Crippen LogP contribution in [0, 0.1) is 0 Å². The van der Waals surface area contributed by atoms with Crippen LogP contribution in [0.15, 0.2) is 53.4 Å². The van der Waals surface area contributed by atoms with Crippen LogP contribution in [0.4, 0.5) is 5.13 Å². The zero-order valence-corrected chi connectivity index (χ0v) is 16.5. The number of thiazole rings is 1. The highest BCUT2D eigenvalue weighted by atomic mass is 35.5. The van der Waals surface area contributed by atoms with E-state index in [1.165, 1.54) is 4.70 Å². The molecule has 0 radical (unpaired) electrons. The van der Waals surface area contributed by atoms with Crippen molar-refractivity contribution in [3.63, 3.8) is 0 Å². The second-order valence-electron chi connectivity index (χ2n) is 6.07. The number of nitrogens with zero attached hydrogens (tertiary/aromatic N) is 3. The normalized spacial score (nSPS) is 14.8. The summed E-state index contributed by atoms with van der Waals surface area (Å²) < 4.78 is 1.21. The van der Waals surface area contributed by atoms with Crippen LogP contribution in [-0.4, -0.2) is 47.7 Å². The molecule has 4 nitrogen and oxygen atoms in total. The summed E-state index contributed by atoms with van der Waals surface area (Å²) in [5.74, 6) is 0.650. The van der Waals surface area contributed by atoms with Gasteiger partial charge in [0, 0.05) is 36.1 Å². The minimum atomic E-state index is 0.189. The summed E-state index contributed by atoms with van der Waals surface area (Å²) in [5, 5.41) is 1.76. The number of halogens is 1. The smallest absolute Gasteiger partial charge is 0.233 e. The SMILES string of the molecule is O=C(CSc1ccc(Cl)cc1)N1CCN(c2nc3ccccc3s2)CC1. The van der Waals surface area contributed by atoms with Crippen LogP contribution in [0.5, 0.6) is 0 Å². The molecule has 0 saturated carbocycles. The summed E-state index contributed by atoms with van der Waals surface area (Å²) in [6, 6.07) is 15.8. The molecule has 26 heavy (non-hydrogen) atoms. The third-order valence-electron chi connectivity index (χ3n) is 4.36. The van der Waals surface area contributed by atoms with Crippen LogP contribution < -0.4 is 4.90 Å². The van der Waals surface area contributed by atoms with Crippen LogP contribution in [0.1, 0.15) is 0 Å². The summed E-state index contributed by atoms with van der Waals surface area (Å²) >= 11 is 9.17. The molecule has 0 spiro atoms. The highest BCUT2D eigenvalue weighted by molar-refractivity contribution is 8.00. The standard InChI is InChI=1S/C19H18ClN3OS2/c20-14-5-7-15(8-6-14)25-13-18(24)22-9-11-23(12-10-22)19-21-16-3-1-2-4-17(16)26-19/h1-8H,9-13H2. The number of piperazine rings is 1. The Morgan fingerprint density at radius 2 is 1.81 bits per heavy atom. The molecule has 7 heteroatoms. The highest BCUT2D eigenvalue weighted by Crippen LogP contribution is 2.29. The minimum Gasteiger partial charge on any atom is -0.345 e. The van der Waals surface area contributed by atoms with Gasteiger partial charge in [-0.3, -0.25) is 4.79 Å². The van der Waals surface area contributed by atoms with Crippen molar-refractivity contribution in [1.29, 1.82) is 0 Å². The Hall–Kier alpha value is -1.76. The number of hydrogen-bond donors (Lipinski definition) is 0. The lowest BCUT2D eigenvalue weighted by atomic mass is 10.3. The third-order valence-corrected chi connectivity index (χ3v) is 6.71. The van der Waals surface area contributed by atoms with E-state index in [4.69, 9.17) is 16.6 Å². The lowest BCUT2D eigenvalue weighted by molar-refractivity contribution is -0.128. The summed E-state index contributed by atoms with van der Waals surface area (Å²) in [6.07, 6.45) is 0. The number of rotatable bonds is 4. The number of para-hydroxylation sites is 1. The predicted molar refractivity (Wildman–Crippen MR) is 111 cm³/mol. The fourth-order valence-electron chi connectivity index (χ4n) is 2.91. The van der Waals surface area contributed by atoms with Crippen molar-refractivity contribution >= 4 is 56.0 Å². The molecular weight excluding hydrogens is 386 g/mol. The first-order valence-electron chi connectivity index (χ1n) is 8.46. The van der Waals surface area contributed by atoms with Crippen molar-refractivity contribution in [1.82, 2.24) is 9.88 Å². The molecule has 0 unspecified atom stereocenters. The minimum absolute atomic E-state index is 0.189. The number of benzene rings is 2. The maximum Gasteiger partial charge on any atom is 0.233 e. The molecule has 0 aliphatic carbocycles. The summed E-state index contributed by atoms with van der Waals surface area (Å²) in [4.78, 5) is 22.5.